The lowest BCUT2D eigenvalue weighted by molar-refractivity contribution is -0.140. The van der Waals surface area contributed by atoms with E-state index in [0.29, 0.717) is 36.9 Å². The third-order valence-electron chi connectivity index (χ3n) is 5.92. The molecule has 0 radical (unpaired) electrons. The van der Waals surface area contributed by atoms with Crippen molar-refractivity contribution in [1.82, 2.24) is 9.80 Å². The summed E-state index contributed by atoms with van der Waals surface area (Å²) in [5.74, 6) is -0.297. The first kappa shape index (κ1) is 24.5. The van der Waals surface area contributed by atoms with Gasteiger partial charge >= 0.3 is 0 Å². The summed E-state index contributed by atoms with van der Waals surface area (Å²) in [5.41, 5.74) is 1.41. The Balaban J connectivity index is 1.98. The van der Waals surface area contributed by atoms with Crippen LogP contribution in [0.5, 0.6) is 5.75 Å². The van der Waals surface area contributed by atoms with Crippen LogP contribution in [0.3, 0.4) is 0 Å². The number of hydrogen-bond acceptors (Lipinski definition) is 5. The molecule has 1 heterocycles. The van der Waals surface area contributed by atoms with Crippen molar-refractivity contribution in [1.29, 1.82) is 0 Å². The van der Waals surface area contributed by atoms with Gasteiger partial charge < -0.3 is 19.6 Å². The summed E-state index contributed by atoms with van der Waals surface area (Å²) in [6.45, 7) is 11.7. The Hall–Kier alpha value is -3.12. The molecular weight excluding hydrogens is 416 g/mol. The van der Waals surface area contributed by atoms with Crippen LogP contribution < -0.4 is 4.74 Å². The maximum Gasteiger partial charge on any atom is 0.295 e. The van der Waals surface area contributed by atoms with E-state index in [1.54, 1.807) is 29.2 Å². The summed E-state index contributed by atoms with van der Waals surface area (Å²) < 4.78 is 5.72. The van der Waals surface area contributed by atoms with E-state index >= 15 is 0 Å². The van der Waals surface area contributed by atoms with Gasteiger partial charge in [0.15, 0.2) is 0 Å². The zero-order chi connectivity index (χ0) is 24.0. The molecule has 0 saturated carbocycles. The van der Waals surface area contributed by atoms with Crippen molar-refractivity contribution >= 4 is 17.4 Å². The molecule has 0 spiro atoms. The number of likely N-dealkylation sites (N-methyl/N-ethyl adjacent to an activating group) is 1. The molecule has 6 heteroatoms. The standard InChI is InChI=1S/C27H34N2O4/c1-5-28(6-2)16-17-29-24(20-10-8-7-9-11-20)23(26(31)27(29)32)25(30)21-12-14-22(15-13-21)33-18-19(3)4/h7-15,19,24,30H,5-6,16-18H2,1-4H3/b25-23+/t24-/m0/s1. The van der Waals surface area contributed by atoms with Crippen molar-refractivity contribution < 1.29 is 19.4 Å². The highest BCUT2D eigenvalue weighted by atomic mass is 16.5. The number of benzene rings is 2. The van der Waals surface area contributed by atoms with Crippen LogP contribution in [0.2, 0.25) is 0 Å². The van der Waals surface area contributed by atoms with Gasteiger partial charge in [0.2, 0.25) is 0 Å². The number of ether oxygens (including phenoxy) is 1. The normalized spacial score (nSPS) is 17.9. The molecule has 1 amide bonds. The lowest BCUT2D eigenvalue weighted by atomic mass is 9.95. The predicted octanol–water partition coefficient (Wildman–Crippen LogP) is 4.48. The number of aliphatic hydroxyl groups is 1. The number of hydrogen-bond donors (Lipinski definition) is 1. The van der Waals surface area contributed by atoms with Crippen LogP contribution in [0, 0.1) is 5.92 Å². The molecule has 0 aromatic heterocycles. The minimum Gasteiger partial charge on any atom is -0.507 e. The van der Waals surface area contributed by atoms with E-state index in [4.69, 9.17) is 4.74 Å². The van der Waals surface area contributed by atoms with Crippen molar-refractivity contribution in [3.05, 3.63) is 71.3 Å². The second kappa shape index (κ2) is 11.1. The summed E-state index contributed by atoms with van der Waals surface area (Å²) in [6, 6.07) is 15.8. The average Bonchev–Trinajstić information content (AvgIpc) is 3.08. The Morgan fingerprint density at radius 2 is 1.67 bits per heavy atom. The first-order valence-corrected chi connectivity index (χ1v) is 11.7. The number of Topliss-reactive ketones (excluding diaryl/α,β-unsaturated/α-hetero) is 1. The monoisotopic (exact) mass is 450 g/mol. The SMILES string of the molecule is CCN(CC)CCN1C(=O)C(=O)/C(=C(/O)c2ccc(OCC(C)C)cc2)[C@@H]1c1ccccc1. The molecule has 2 aromatic rings. The molecule has 0 aliphatic carbocycles. The zero-order valence-electron chi connectivity index (χ0n) is 20.0. The molecule has 33 heavy (non-hydrogen) atoms. The van der Waals surface area contributed by atoms with Crippen LogP contribution in [0.25, 0.3) is 5.76 Å². The molecule has 1 aliphatic rings. The molecule has 1 N–H and O–H groups in total. The van der Waals surface area contributed by atoms with Crippen LogP contribution in [0.1, 0.15) is 44.9 Å². The lowest BCUT2D eigenvalue weighted by Gasteiger charge is -2.28. The number of amides is 1. The second-order valence-electron chi connectivity index (χ2n) is 8.66. The van der Waals surface area contributed by atoms with Crippen LogP contribution in [-0.2, 0) is 9.59 Å². The maximum atomic E-state index is 13.1. The first-order valence-electron chi connectivity index (χ1n) is 11.7. The molecule has 1 atom stereocenters. The summed E-state index contributed by atoms with van der Waals surface area (Å²) in [6.07, 6.45) is 0. The van der Waals surface area contributed by atoms with Crippen molar-refractivity contribution in [2.24, 2.45) is 5.92 Å². The molecule has 176 valence electrons. The van der Waals surface area contributed by atoms with E-state index < -0.39 is 17.7 Å². The minimum absolute atomic E-state index is 0.126. The molecule has 1 fully saturated rings. The van der Waals surface area contributed by atoms with E-state index in [0.717, 1.165) is 18.7 Å². The number of ketones is 1. The Bertz CT molecular complexity index is 979. The summed E-state index contributed by atoms with van der Waals surface area (Å²) >= 11 is 0. The Kier molecular flexibility index (Phi) is 8.28. The average molecular weight is 451 g/mol. The topological polar surface area (TPSA) is 70.1 Å². The van der Waals surface area contributed by atoms with E-state index in [1.165, 1.54) is 0 Å². The van der Waals surface area contributed by atoms with Gasteiger partial charge in [-0.15, -0.1) is 0 Å². The molecule has 3 rings (SSSR count). The fraction of sp³-hybridized carbons (Fsp3) is 0.407. The number of likely N-dealkylation sites (tertiary alicyclic amines) is 1. The smallest absolute Gasteiger partial charge is 0.295 e. The van der Waals surface area contributed by atoms with Crippen molar-refractivity contribution in [2.75, 3.05) is 32.8 Å². The third kappa shape index (κ3) is 5.63. The number of aliphatic hydroxyl groups excluding tert-OH is 1. The van der Waals surface area contributed by atoms with Gasteiger partial charge in [-0.25, -0.2) is 0 Å². The van der Waals surface area contributed by atoms with Gasteiger partial charge in [-0.2, -0.15) is 0 Å². The summed E-state index contributed by atoms with van der Waals surface area (Å²) in [4.78, 5) is 29.9. The van der Waals surface area contributed by atoms with Gasteiger partial charge in [-0.1, -0.05) is 58.0 Å². The quantitative estimate of drug-likeness (QED) is 0.328. The highest BCUT2D eigenvalue weighted by Crippen LogP contribution is 2.39. The maximum absolute atomic E-state index is 13.1. The number of nitrogens with zero attached hydrogens (tertiary/aromatic N) is 2. The van der Waals surface area contributed by atoms with Crippen LogP contribution in [0.15, 0.2) is 60.2 Å². The van der Waals surface area contributed by atoms with Gasteiger partial charge in [0.25, 0.3) is 11.7 Å². The van der Waals surface area contributed by atoms with Crippen molar-refractivity contribution in [3.8, 4) is 5.75 Å². The molecule has 0 bridgehead atoms. The first-order chi connectivity index (χ1) is 15.9. The van der Waals surface area contributed by atoms with E-state index in [2.05, 4.69) is 32.6 Å². The Morgan fingerprint density at radius 3 is 2.24 bits per heavy atom. The van der Waals surface area contributed by atoms with Gasteiger partial charge in [-0.3, -0.25) is 9.59 Å². The van der Waals surface area contributed by atoms with Gasteiger partial charge in [0.05, 0.1) is 18.2 Å². The molecule has 0 unspecified atom stereocenters. The second-order valence-corrected chi connectivity index (χ2v) is 8.66. The van der Waals surface area contributed by atoms with E-state index in [9.17, 15) is 14.7 Å². The highest BCUT2D eigenvalue weighted by Gasteiger charge is 2.45. The van der Waals surface area contributed by atoms with Crippen LogP contribution >= 0.6 is 0 Å². The summed E-state index contributed by atoms with van der Waals surface area (Å²) in [7, 11) is 0. The fourth-order valence-corrected chi connectivity index (χ4v) is 4.01. The molecule has 6 nitrogen and oxygen atoms in total. The van der Waals surface area contributed by atoms with Gasteiger partial charge in [0, 0.05) is 18.7 Å². The van der Waals surface area contributed by atoms with Gasteiger partial charge in [0.1, 0.15) is 11.5 Å². The molecular formula is C27H34N2O4. The van der Waals surface area contributed by atoms with Crippen molar-refractivity contribution in [2.45, 2.75) is 33.7 Å². The van der Waals surface area contributed by atoms with Crippen molar-refractivity contribution in [3.63, 3.8) is 0 Å². The van der Waals surface area contributed by atoms with E-state index in [-0.39, 0.29) is 11.3 Å². The fourth-order valence-electron chi connectivity index (χ4n) is 4.01. The zero-order valence-corrected chi connectivity index (χ0v) is 20.0. The van der Waals surface area contributed by atoms with Gasteiger partial charge in [-0.05, 0) is 48.8 Å². The predicted molar refractivity (Wildman–Crippen MR) is 130 cm³/mol. The molecule has 2 aromatic carbocycles. The van der Waals surface area contributed by atoms with Crippen LogP contribution in [0.4, 0.5) is 0 Å². The highest BCUT2D eigenvalue weighted by molar-refractivity contribution is 6.46. The molecule has 1 saturated heterocycles. The largest absolute Gasteiger partial charge is 0.507 e. The Morgan fingerprint density at radius 1 is 1.03 bits per heavy atom. The molecule has 1 aliphatic heterocycles. The Labute approximate surface area is 196 Å². The summed E-state index contributed by atoms with van der Waals surface area (Å²) in [5, 5.41) is 11.2. The number of carbonyl (C=O) groups excluding carboxylic acids is 2. The third-order valence-corrected chi connectivity index (χ3v) is 5.92. The van der Waals surface area contributed by atoms with Crippen LogP contribution in [-0.4, -0.2) is 59.4 Å². The number of carbonyl (C=O) groups is 2. The van der Waals surface area contributed by atoms with E-state index in [1.807, 2.05) is 30.3 Å². The minimum atomic E-state index is -0.652. The number of rotatable bonds is 10. The lowest BCUT2D eigenvalue weighted by Crippen LogP contribution is -2.38.